The quantitative estimate of drug-likeness (QED) is 0.384. The monoisotopic (exact) mass is 328 g/mol. The number of furan rings is 2. The predicted octanol–water partition coefficient (Wildman–Crippen LogP) is 5.44. The van der Waals surface area contributed by atoms with Crippen LogP contribution >= 0.6 is 0 Å². The Bertz CT molecular complexity index is 1270. The lowest BCUT2D eigenvalue weighted by Crippen LogP contribution is -2.30. The largest absolute Gasteiger partial charge is 0.452 e. The number of fused-ring (bicyclic) bond motifs is 5. The average molecular weight is 328 g/mol. The number of hydrogen-bond acceptors (Lipinski definition) is 2. The number of para-hydroxylation sites is 1. The van der Waals surface area contributed by atoms with Crippen LogP contribution in [0.5, 0.6) is 0 Å². The summed E-state index contributed by atoms with van der Waals surface area (Å²) in [5.74, 6) is 0. The molecule has 0 atom stereocenters. The first-order valence-corrected chi connectivity index (χ1v) is 8.43. The zero-order valence-electron chi connectivity index (χ0n) is 14.5. The highest BCUT2D eigenvalue weighted by Gasteiger charge is 2.23. The van der Waals surface area contributed by atoms with E-state index < -0.39 is 0 Å². The van der Waals surface area contributed by atoms with Crippen molar-refractivity contribution in [1.29, 1.82) is 0 Å². The lowest BCUT2D eigenvalue weighted by molar-refractivity contribution is -0.660. The predicted molar refractivity (Wildman–Crippen MR) is 99.6 cm³/mol. The van der Waals surface area contributed by atoms with E-state index in [9.17, 15) is 0 Å². The molecule has 0 aliphatic carbocycles. The SMILES string of the molecule is Cc1cc[n+](C)c(-c2c(C)ccc3c2oc2c4ccccc4oc32)c1. The summed E-state index contributed by atoms with van der Waals surface area (Å²) >= 11 is 0. The van der Waals surface area contributed by atoms with Gasteiger partial charge < -0.3 is 8.83 Å². The lowest BCUT2D eigenvalue weighted by Gasteiger charge is -2.06. The molecule has 0 aliphatic rings. The standard InChI is InChI=1S/C22H18NO2/c1-13-10-11-23(3)17(12-13)19-14(2)8-9-16-20(19)25-21-15-6-4-5-7-18(15)24-22(16)21/h4-12H,1-3H3/q+1. The lowest BCUT2D eigenvalue weighted by atomic mass is 10.0. The van der Waals surface area contributed by atoms with E-state index in [0.29, 0.717) is 0 Å². The van der Waals surface area contributed by atoms with Gasteiger partial charge in [-0.15, -0.1) is 0 Å². The van der Waals surface area contributed by atoms with Crippen molar-refractivity contribution < 1.29 is 13.4 Å². The third-order valence-corrected chi connectivity index (χ3v) is 4.93. The van der Waals surface area contributed by atoms with Gasteiger partial charge in [0.25, 0.3) is 0 Å². The molecule has 5 aromatic rings. The molecule has 122 valence electrons. The van der Waals surface area contributed by atoms with Crippen LogP contribution in [0.1, 0.15) is 11.1 Å². The smallest absolute Gasteiger partial charge is 0.216 e. The molecule has 3 aromatic heterocycles. The van der Waals surface area contributed by atoms with Crippen molar-refractivity contribution >= 4 is 33.1 Å². The van der Waals surface area contributed by atoms with Crippen LogP contribution in [0.4, 0.5) is 0 Å². The van der Waals surface area contributed by atoms with Crippen molar-refractivity contribution in [3.05, 3.63) is 65.9 Å². The van der Waals surface area contributed by atoms with Crippen LogP contribution in [0.2, 0.25) is 0 Å². The summed E-state index contributed by atoms with van der Waals surface area (Å²) in [6, 6.07) is 16.6. The molecule has 0 saturated heterocycles. The van der Waals surface area contributed by atoms with Gasteiger partial charge in [-0.25, -0.2) is 4.57 Å². The summed E-state index contributed by atoms with van der Waals surface area (Å²) in [5.41, 5.74) is 8.09. The number of benzene rings is 2. The Kier molecular flexibility index (Phi) is 2.84. The number of rotatable bonds is 1. The van der Waals surface area contributed by atoms with Gasteiger partial charge >= 0.3 is 0 Å². The first-order chi connectivity index (χ1) is 12.1. The van der Waals surface area contributed by atoms with Crippen LogP contribution < -0.4 is 4.57 Å². The second kappa shape index (κ2) is 4.96. The van der Waals surface area contributed by atoms with Crippen LogP contribution in [0.3, 0.4) is 0 Å². The van der Waals surface area contributed by atoms with Gasteiger partial charge in [0.05, 0.1) is 16.3 Å². The van der Waals surface area contributed by atoms with Gasteiger partial charge in [-0.2, -0.15) is 0 Å². The van der Waals surface area contributed by atoms with E-state index in [2.05, 4.69) is 55.9 Å². The molecule has 25 heavy (non-hydrogen) atoms. The maximum atomic E-state index is 6.36. The van der Waals surface area contributed by atoms with Gasteiger partial charge in [-0.1, -0.05) is 18.2 Å². The van der Waals surface area contributed by atoms with Crippen molar-refractivity contribution in [3.63, 3.8) is 0 Å². The zero-order chi connectivity index (χ0) is 17.1. The molecule has 0 radical (unpaired) electrons. The Labute approximate surface area is 145 Å². The van der Waals surface area contributed by atoms with Crippen LogP contribution in [0, 0.1) is 13.8 Å². The van der Waals surface area contributed by atoms with Crippen molar-refractivity contribution in [2.75, 3.05) is 0 Å². The van der Waals surface area contributed by atoms with Gasteiger partial charge in [-0.05, 0) is 43.2 Å². The van der Waals surface area contributed by atoms with Gasteiger partial charge in [0.15, 0.2) is 22.9 Å². The van der Waals surface area contributed by atoms with Gasteiger partial charge in [0.1, 0.15) is 12.6 Å². The van der Waals surface area contributed by atoms with E-state index in [0.717, 1.165) is 44.4 Å². The summed E-state index contributed by atoms with van der Waals surface area (Å²) in [4.78, 5) is 0. The molecule has 0 saturated carbocycles. The third-order valence-electron chi connectivity index (χ3n) is 4.93. The molecule has 0 N–H and O–H groups in total. The fraction of sp³-hybridized carbons (Fsp3) is 0.136. The number of aromatic nitrogens is 1. The Morgan fingerprint density at radius 2 is 1.60 bits per heavy atom. The molecule has 0 unspecified atom stereocenters. The summed E-state index contributed by atoms with van der Waals surface area (Å²) < 4.78 is 14.6. The van der Waals surface area contributed by atoms with E-state index in [1.54, 1.807) is 0 Å². The maximum Gasteiger partial charge on any atom is 0.216 e. The van der Waals surface area contributed by atoms with Crippen LogP contribution in [-0.4, -0.2) is 0 Å². The molecule has 0 aliphatic heterocycles. The molecular weight excluding hydrogens is 310 g/mol. The Hall–Kier alpha value is -3.07. The molecule has 5 rings (SSSR count). The van der Waals surface area contributed by atoms with Crippen molar-refractivity contribution in [2.45, 2.75) is 13.8 Å². The molecule has 2 aromatic carbocycles. The molecule has 0 spiro atoms. The van der Waals surface area contributed by atoms with E-state index in [1.807, 2.05) is 24.3 Å². The highest BCUT2D eigenvalue weighted by atomic mass is 16.4. The number of aryl methyl sites for hydroxylation is 3. The van der Waals surface area contributed by atoms with Gasteiger partial charge in [0.2, 0.25) is 5.69 Å². The Morgan fingerprint density at radius 3 is 2.48 bits per heavy atom. The van der Waals surface area contributed by atoms with E-state index >= 15 is 0 Å². The Morgan fingerprint density at radius 1 is 0.800 bits per heavy atom. The number of nitrogens with zero attached hydrogens (tertiary/aromatic N) is 1. The van der Waals surface area contributed by atoms with Crippen LogP contribution in [-0.2, 0) is 7.05 Å². The zero-order valence-corrected chi connectivity index (χ0v) is 14.5. The van der Waals surface area contributed by atoms with Crippen molar-refractivity contribution in [1.82, 2.24) is 0 Å². The minimum absolute atomic E-state index is 0.827. The second-order valence-electron chi connectivity index (χ2n) is 6.69. The normalized spacial score (nSPS) is 11.8. The summed E-state index contributed by atoms with van der Waals surface area (Å²) in [5, 5.41) is 2.04. The fourth-order valence-electron chi connectivity index (χ4n) is 3.61. The number of pyridine rings is 1. The first-order valence-electron chi connectivity index (χ1n) is 8.43. The van der Waals surface area contributed by atoms with Gasteiger partial charge in [0, 0.05) is 12.1 Å². The summed E-state index contributed by atoms with van der Waals surface area (Å²) in [7, 11) is 2.06. The minimum Gasteiger partial charge on any atom is -0.452 e. The second-order valence-corrected chi connectivity index (χ2v) is 6.69. The topological polar surface area (TPSA) is 30.2 Å². The first kappa shape index (κ1) is 14.3. The minimum atomic E-state index is 0.827. The molecule has 3 heteroatoms. The van der Waals surface area contributed by atoms with Gasteiger partial charge in [-0.3, -0.25) is 0 Å². The van der Waals surface area contributed by atoms with E-state index in [-0.39, 0.29) is 0 Å². The summed E-state index contributed by atoms with van der Waals surface area (Å²) in [6.45, 7) is 4.24. The van der Waals surface area contributed by atoms with Crippen molar-refractivity contribution in [2.24, 2.45) is 7.05 Å². The third kappa shape index (κ3) is 1.96. The molecule has 0 fully saturated rings. The van der Waals surface area contributed by atoms with E-state index in [4.69, 9.17) is 8.83 Å². The fourth-order valence-corrected chi connectivity index (χ4v) is 3.61. The highest BCUT2D eigenvalue weighted by Crippen LogP contribution is 2.40. The highest BCUT2D eigenvalue weighted by molar-refractivity contribution is 6.15. The van der Waals surface area contributed by atoms with E-state index in [1.165, 1.54) is 11.1 Å². The molecular formula is C22H18NO2+. The van der Waals surface area contributed by atoms with Crippen LogP contribution in [0.25, 0.3) is 44.4 Å². The van der Waals surface area contributed by atoms with Crippen LogP contribution in [0.15, 0.2) is 63.6 Å². The molecule has 0 bridgehead atoms. The molecule has 0 amide bonds. The molecule has 3 heterocycles. The average Bonchev–Trinajstić information content (AvgIpc) is 3.13. The Balaban J connectivity index is 1.94. The molecule has 3 nitrogen and oxygen atoms in total. The maximum absolute atomic E-state index is 6.36. The van der Waals surface area contributed by atoms with Crippen molar-refractivity contribution in [3.8, 4) is 11.3 Å². The summed E-state index contributed by atoms with van der Waals surface area (Å²) in [6.07, 6.45) is 2.09. The number of hydrogen-bond donors (Lipinski definition) is 0.